The number of aliphatic hydroxyl groups excluding tert-OH is 1. The third kappa shape index (κ3) is 2.80. The van der Waals surface area contributed by atoms with Crippen molar-refractivity contribution in [3.8, 4) is 0 Å². The molecule has 0 radical (unpaired) electrons. The number of aryl methyl sites for hydroxylation is 1. The van der Waals surface area contributed by atoms with E-state index in [1.165, 1.54) is 19.1 Å². The summed E-state index contributed by atoms with van der Waals surface area (Å²) in [5, 5.41) is 10.0. The molecule has 1 atom stereocenters. The monoisotopic (exact) mass is 285 g/mol. The molecule has 1 aromatic carbocycles. The molecule has 1 N–H and O–H groups in total. The van der Waals surface area contributed by atoms with E-state index in [1.54, 1.807) is 0 Å². The Kier molecular flexibility index (Phi) is 3.76. The fraction of sp³-hybridized carbons (Fsp3) is 0.214. The van der Waals surface area contributed by atoms with Crippen molar-refractivity contribution in [3.05, 3.63) is 64.7 Å². The maximum absolute atomic E-state index is 13.4. The van der Waals surface area contributed by atoms with Gasteiger partial charge in [0.15, 0.2) is 0 Å². The second-order valence-corrected chi connectivity index (χ2v) is 4.37. The van der Waals surface area contributed by atoms with Crippen LogP contribution in [0.25, 0.3) is 0 Å². The summed E-state index contributed by atoms with van der Waals surface area (Å²) in [6.45, 7) is 1.52. The molecule has 0 saturated heterocycles. The van der Waals surface area contributed by atoms with Crippen molar-refractivity contribution >= 4 is 0 Å². The van der Waals surface area contributed by atoms with Crippen LogP contribution in [0.2, 0.25) is 0 Å². The molecule has 0 spiro atoms. The topological polar surface area (TPSA) is 33.1 Å². The molecule has 20 heavy (non-hydrogen) atoms. The number of aliphatic hydroxyl groups is 1. The number of rotatable bonds is 2. The molecule has 2 nitrogen and oxygen atoms in total. The van der Waals surface area contributed by atoms with Gasteiger partial charge >= 0.3 is 6.18 Å². The number of alkyl halides is 3. The Labute approximate surface area is 112 Å². The Hall–Kier alpha value is -1.95. The molecule has 0 aliphatic heterocycles. The second kappa shape index (κ2) is 5.20. The zero-order chi connectivity index (χ0) is 14.9. The summed E-state index contributed by atoms with van der Waals surface area (Å²) in [4.78, 5) is 3.59. The maximum atomic E-state index is 13.4. The third-order valence-electron chi connectivity index (χ3n) is 2.96. The molecule has 0 fully saturated rings. The molecular weight excluding hydrogens is 274 g/mol. The minimum atomic E-state index is -4.61. The van der Waals surface area contributed by atoms with E-state index in [1.807, 2.05) is 0 Å². The highest BCUT2D eigenvalue weighted by molar-refractivity contribution is 5.36. The van der Waals surface area contributed by atoms with Crippen LogP contribution < -0.4 is 0 Å². The molecule has 1 unspecified atom stereocenters. The molecule has 0 aliphatic carbocycles. The lowest BCUT2D eigenvalue weighted by Gasteiger charge is -2.17. The maximum Gasteiger partial charge on any atom is 0.416 e. The third-order valence-corrected chi connectivity index (χ3v) is 2.96. The van der Waals surface area contributed by atoms with Gasteiger partial charge in [0, 0.05) is 18.0 Å². The van der Waals surface area contributed by atoms with Gasteiger partial charge in [-0.15, -0.1) is 0 Å². The molecule has 0 aliphatic rings. The van der Waals surface area contributed by atoms with Gasteiger partial charge in [-0.25, -0.2) is 4.39 Å². The van der Waals surface area contributed by atoms with Crippen molar-refractivity contribution < 1.29 is 22.7 Å². The molecule has 2 rings (SSSR count). The van der Waals surface area contributed by atoms with Gasteiger partial charge in [-0.1, -0.05) is 12.1 Å². The number of pyridine rings is 1. The number of hydrogen-bond donors (Lipinski definition) is 1. The van der Waals surface area contributed by atoms with Gasteiger partial charge in [0.05, 0.1) is 5.56 Å². The van der Waals surface area contributed by atoms with Crippen LogP contribution in [0.1, 0.15) is 28.4 Å². The number of hydrogen-bond acceptors (Lipinski definition) is 2. The fourth-order valence-electron chi connectivity index (χ4n) is 1.84. The molecule has 0 amide bonds. The summed E-state index contributed by atoms with van der Waals surface area (Å²) >= 11 is 0. The predicted octanol–water partition coefficient (Wildman–Crippen LogP) is 3.63. The van der Waals surface area contributed by atoms with Crippen molar-refractivity contribution in [2.24, 2.45) is 0 Å². The van der Waals surface area contributed by atoms with E-state index in [-0.39, 0.29) is 5.56 Å². The molecular formula is C14H11F4NO. The van der Waals surface area contributed by atoms with E-state index in [0.29, 0.717) is 5.56 Å². The zero-order valence-corrected chi connectivity index (χ0v) is 10.4. The normalized spacial score (nSPS) is 13.3. The smallest absolute Gasteiger partial charge is 0.384 e. The first-order valence-electron chi connectivity index (χ1n) is 5.76. The van der Waals surface area contributed by atoms with Gasteiger partial charge in [0.25, 0.3) is 0 Å². The van der Waals surface area contributed by atoms with Crippen LogP contribution in [-0.4, -0.2) is 10.1 Å². The van der Waals surface area contributed by atoms with Crippen LogP contribution in [0, 0.1) is 12.7 Å². The number of benzene rings is 1. The van der Waals surface area contributed by atoms with Crippen LogP contribution in [-0.2, 0) is 6.18 Å². The van der Waals surface area contributed by atoms with E-state index in [2.05, 4.69) is 4.98 Å². The van der Waals surface area contributed by atoms with Crippen LogP contribution in [0.5, 0.6) is 0 Å². The summed E-state index contributed by atoms with van der Waals surface area (Å²) < 4.78 is 52.0. The highest BCUT2D eigenvalue weighted by atomic mass is 19.4. The van der Waals surface area contributed by atoms with Gasteiger partial charge < -0.3 is 5.11 Å². The Morgan fingerprint density at radius 1 is 1.20 bits per heavy atom. The van der Waals surface area contributed by atoms with Crippen molar-refractivity contribution in [3.63, 3.8) is 0 Å². The molecule has 2 aromatic rings. The summed E-state index contributed by atoms with van der Waals surface area (Å²) in [5.41, 5.74) is -0.987. The van der Waals surface area contributed by atoms with Crippen LogP contribution in [0.3, 0.4) is 0 Å². The minimum absolute atomic E-state index is 0.0478. The van der Waals surface area contributed by atoms with Gasteiger partial charge in [0.2, 0.25) is 0 Å². The Bertz CT molecular complexity index is 625. The van der Waals surface area contributed by atoms with E-state index in [0.717, 1.165) is 24.5 Å². The van der Waals surface area contributed by atoms with Gasteiger partial charge in [-0.3, -0.25) is 4.98 Å². The largest absolute Gasteiger partial charge is 0.416 e. The van der Waals surface area contributed by atoms with Crippen molar-refractivity contribution in [1.82, 2.24) is 4.98 Å². The molecule has 1 aromatic heterocycles. The second-order valence-electron chi connectivity index (χ2n) is 4.37. The van der Waals surface area contributed by atoms with Crippen LogP contribution in [0.4, 0.5) is 17.6 Å². The average molecular weight is 285 g/mol. The van der Waals surface area contributed by atoms with Gasteiger partial charge in [-0.2, -0.15) is 13.2 Å². The SMILES string of the molecule is Cc1ccc(C(O)c2cnccc2C(F)(F)F)cc1F. The van der Waals surface area contributed by atoms with E-state index in [9.17, 15) is 22.7 Å². The van der Waals surface area contributed by atoms with E-state index >= 15 is 0 Å². The number of halogens is 4. The molecule has 0 bridgehead atoms. The van der Waals surface area contributed by atoms with Crippen molar-refractivity contribution in [2.45, 2.75) is 19.2 Å². The van der Waals surface area contributed by atoms with Crippen LogP contribution >= 0.6 is 0 Å². The first kappa shape index (κ1) is 14.5. The molecule has 1 heterocycles. The Morgan fingerprint density at radius 3 is 2.50 bits per heavy atom. The van der Waals surface area contributed by atoms with Crippen LogP contribution in [0.15, 0.2) is 36.7 Å². The summed E-state index contributed by atoms with van der Waals surface area (Å²) in [6.07, 6.45) is -4.27. The summed E-state index contributed by atoms with van der Waals surface area (Å²) in [5.74, 6) is -0.584. The summed E-state index contributed by atoms with van der Waals surface area (Å²) in [7, 11) is 0. The Morgan fingerprint density at radius 2 is 1.90 bits per heavy atom. The first-order chi connectivity index (χ1) is 9.30. The predicted molar refractivity (Wildman–Crippen MR) is 64.4 cm³/mol. The highest BCUT2D eigenvalue weighted by Gasteiger charge is 2.35. The minimum Gasteiger partial charge on any atom is -0.384 e. The van der Waals surface area contributed by atoms with Gasteiger partial charge in [0.1, 0.15) is 11.9 Å². The Balaban J connectivity index is 2.48. The number of nitrogens with zero attached hydrogens (tertiary/aromatic N) is 1. The highest BCUT2D eigenvalue weighted by Crippen LogP contribution is 2.36. The molecule has 0 saturated carbocycles. The van der Waals surface area contributed by atoms with E-state index < -0.39 is 29.2 Å². The van der Waals surface area contributed by atoms with Crippen molar-refractivity contribution in [1.29, 1.82) is 0 Å². The number of aromatic nitrogens is 1. The van der Waals surface area contributed by atoms with E-state index in [4.69, 9.17) is 0 Å². The lowest BCUT2D eigenvalue weighted by molar-refractivity contribution is -0.139. The lowest BCUT2D eigenvalue weighted by Crippen LogP contribution is -2.13. The quantitative estimate of drug-likeness (QED) is 0.855. The average Bonchev–Trinajstić information content (AvgIpc) is 2.40. The zero-order valence-electron chi connectivity index (χ0n) is 10.4. The first-order valence-corrected chi connectivity index (χ1v) is 5.76. The lowest BCUT2D eigenvalue weighted by atomic mass is 9.97. The fourth-order valence-corrected chi connectivity index (χ4v) is 1.84. The summed E-state index contributed by atoms with van der Waals surface area (Å²) in [6, 6.07) is 4.59. The molecule has 6 heteroatoms. The molecule has 106 valence electrons. The van der Waals surface area contributed by atoms with Gasteiger partial charge in [-0.05, 0) is 30.2 Å². The standard InChI is InChI=1S/C14H11F4NO/c1-8-2-3-9(6-12(8)15)13(20)10-7-19-5-4-11(10)14(16,17)18/h2-7,13,20H,1H3. The van der Waals surface area contributed by atoms with Crippen molar-refractivity contribution in [2.75, 3.05) is 0 Å².